The van der Waals surface area contributed by atoms with Crippen LogP contribution in [0.2, 0.25) is 0 Å². The van der Waals surface area contributed by atoms with Crippen LogP contribution in [0.5, 0.6) is 0 Å². The standard InChI is InChI=1S/C24H34NO6PS3.C4H3N3S2/c1-4-30-32(27,31-5-2)17-33-24-16-25-23(34-24)15-22(26)21(14-18-8-6-7-9-18)19-10-12-20(13-11-19)35(3,28)29;5-2-8-3-1-7-4(6)9-3/h10-13,16,18,21H,4-9,14-15,17H2,1-3H3;1H,(H2,6,7)/t21-;/m1./s1. The van der Waals surface area contributed by atoms with Crippen molar-refractivity contribution in [1.29, 1.82) is 5.26 Å². The molecule has 1 saturated carbocycles. The Kier molecular flexibility index (Phi) is 14.9. The van der Waals surface area contributed by atoms with Crippen molar-refractivity contribution in [2.24, 2.45) is 5.92 Å². The molecule has 2 heterocycles. The molecule has 0 saturated heterocycles. The lowest BCUT2D eigenvalue weighted by molar-refractivity contribution is -0.120. The monoisotopic (exact) mass is 716 g/mol. The highest BCUT2D eigenvalue weighted by Crippen LogP contribution is 2.52. The summed E-state index contributed by atoms with van der Waals surface area (Å²) in [5.41, 5.74) is 6.35. The lowest BCUT2D eigenvalue weighted by Gasteiger charge is -2.20. The molecule has 0 aliphatic heterocycles. The number of thioether (sulfide) groups is 2. The van der Waals surface area contributed by atoms with Gasteiger partial charge < -0.3 is 14.8 Å². The zero-order chi connectivity index (χ0) is 32.2. The van der Waals surface area contributed by atoms with Crippen LogP contribution in [0, 0.1) is 16.6 Å². The molecule has 0 unspecified atom stereocenters. The van der Waals surface area contributed by atoms with E-state index in [0.717, 1.165) is 45.0 Å². The number of carbonyl (C=O) groups is 1. The van der Waals surface area contributed by atoms with E-state index in [1.54, 1.807) is 50.5 Å². The van der Waals surface area contributed by atoms with Gasteiger partial charge >= 0.3 is 7.60 Å². The Hall–Kier alpha value is -1.76. The lowest BCUT2D eigenvalue weighted by Crippen LogP contribution is -2.18. The second-order valence-corrected chi connectivity index (χ2v) is 19.0. The minimum atomic E-state index is -3.29. The minimum Gasteiger partial charge on any atom is -0.375 e. The summed E-state index contributed by atoms with van der Waals surface area (Å²) in [6, 6.07) is 6.73. The Morgan fingerprint density at radius 2 is 1.75 bits per heavy atom. The summed E-state index contributed by atoms with van der Waals surface area (Å²) in [4.78, 5) is 21.9. The third-order valence-corrected chi connectivity index (χ3v) is 14.2. The Bertz CT molecular complexity index is 1540. The van der Waals surface area contributed by atoms with Gasteiger partial charge in [-0.25, -0.2) is 18.4 Å². The van der Waals surface area contributed by atoms with Crippen molar-refractivity contribution in [1.82, 2.24) is 9.97 Å². The molecule has 3 aromatic rings. The number of nitriles is 1. The fourth-order valence-electron chi connectivity index (χ4n) is 4.71. The molecule has 4 rings (SSSR count). The third-order valence-electron chi connectivity index (χ3n) is 6.67. The Morgan fingerprint density at radius 1 is 1.11 bits per heavy atom. The van der Waals surface area contributed by atoms with E-state index in [1.807, 2.05) is 5.40 Å². The number of ketones is 1. The summed E-state index contributed by atoms with van der Waals surface area (Å²) in [5, 5.41) is 11.3. The number of sulfone groups is 1. The van der Waals surface area contributed by atoms with Crippen LogP contribution in [-0.4, -0.2) is 49.1 Å². The van der Waals surface area contributed by atoms with Gasteiger partial charge in [0.2, 0.25) is 0 Å². The van der Waals surface area contributed by atoms with Crippen LogP contribution in [-0.2, 0) is 34.7 Å². The second-order valence-electron chi connectivity index (χ2n) is 9.93. The molecule has 2 N–H and O–H groups in total. The topological polar surface area (TPSA) is 162 Å². The van der Waals surface area contributed by atoms with Crippen molar-refractivity contribution in [3.8, 4) is 5.40 Å². The fraction of sp³-hybridized carbons (Fsp3) is 0.500. The molecule has 16 heteroatoms. The number of hydrogen-bond acceptors (Lipinski definition) is 14. The third kappa shape index (κ3) is 11.9. The van der Waals surface area contributed by atoms with Gasteiger partial charge in [-0.05, 0) is 43.9 Å². The van der Waals surface area contributed by atoms with Crippen molar-refractivity contribution < 1.29 is 26.8 Å². The summed E-state index contributed by atoms with van der Waals surface area (Å²) in [6.45, 7) is 4.19. The molecule has 1 aromatic carbocycles. The van der Waals surface area contributed by atoms with Gasteiger partial charge in [0.05, 0.1) is 45.3 Å². The van der Waals surface area contributed by atoms with Crippen LogP contribution in [0.25, 0.3) is 0 Å². The molecule has 10 nitrogen and oxygen atoms in total. The zero-order valence-electron chi connectivity index (χ0n) is 24.8. The highest BCUT2D eigenvalue weighted by Gasteiger charge is 2.28. The smallest absolute Gasteiger partial charge is 0.340 e. The predicted octanol–water partition coefficient (Wildman–Crippen LogP) is 7.64. The van der Waals surface area contributed by atoms with E-state index in [0.29, 0.717) is 29.3 Å². The first-order chi connectivity index (χ1) is 21.0. The predicted molar refractivity (Wildman–Crippen MR) is 179 cm³/mol. The molecule has 1 atom stereocenters. The van der Waals surface area contributed by atoms with E-state index >= 15 is 0 Å². The van der Waals surface area contributed by atoms with E-state index < -0.39 is 17.4 Å². The number of thiocyanates is 1. The van der Waals surface area contributed by atoms with Crippen LogP contribution in [0.4, 0.5) is 5.13 Å². The Balaban J connectivity index is 0.000000502. The maximum atomic E-state index is 13.4. The van der Waals surface area contributed by atoms with Gasteiger partial charge in [0.1, 0.15) is 21.7 Å². The molecular formula is C28H37N4O6PS5. The summed E-state index contributed by atoms with van der Waals surface area (Å²) in [5.74, 6) is 0.305. The number of hydrogen-bond donors (Lipinski definition) is 1. The second kappa shape index (κ2) is 17.8. The van der Waals surface area contributed by atoms with Crippen molar-refractivity contribution >= 4 is 74.5 Å². The quantitative estimate of drug-likeness (QED) is 0.0931. The highest BCUT2D eigenvalue weighted by molar-refractivity contribution is 8.06. The molecule has 0 radical (unpaired) electrons. The minimum absolute atomic E-state index is 0.0872. The lowest BCUT2D eigenvalue weighted by atomic mass is 9.84. The number of rotatable bonds is 15. The van der Waals surface area contributed by atoms with Crippen molar-refractivity contribution in [2.75, 3.05) is 30.7 Å². The molecule has 1 fully saturated rings. The summed E-state index contributed by atoms with van der Waals surface area (Å²) in [7, 11) is -6.45. The van der Waals surface area contributed by atoms with Crippen LogP contribution >= 0.6 is 53.8 Å². The summed E-state index contributed by atoms with van der Waals surface area (Å²) >= 11 is 5.18. The number of nitrogens with two attached hydrogens (primary N) is 1. The molecule has 44 heavy (non-hydrogen) atoms. The van der Waals surface area contributed by atoms with Gasteiger partial charge in [-0.15, -0.1) is 23.1 Å². The molecule has 1 aliphatic rings. The van der Waals surface area contributed by atoms with Gasteiger partial charge in [-0.1, -0.05) is 49.2 Å². The number of benzene rings is 1. The highest BCUT2D eigenvalue weighted by atomic mass is 32.2. The molecule has 0 bridgehead atoms. The van der Waals surface area contributed by atoms with Gasteiger partial charge in [-0.2, -0.15) is 5.26 Å². The largest absolute Gasteiger partial charge is 0.375 e. The van der Waals surface area contributed by atoms with Gasteiger partial charge in [0, 0.05) is 23.9 Å². The first-order valence-corrected chi connectivity index (χ1v) is 21.1. The maximum Gasteiger partial charge on any atom is 0.340 e. The average molecular weight is 717 g/mol. The van der Waals surface area contributed by atoms with Gasteiger partial charge in [0.15, 0.2) is 15.0 Å². The average Bonchev–Trinajstić information content (AvgIpc) is 3.74. The van der Waals surface area contributed by atoms with Crippen LogP contribution in [0.1, 0.15) is 62.4 Å². The molecule has 0 spiro atoms. The van der Waals surface area contributed by atoms with Crippen molar-refractivity contribution in [2.45, 2.75) is 71.6 Å². The number of thiazole rings is 2. The molecule has 240 valence electrons. The van der Waals surface area contributed by atoms with Crippen LogP contribution in [0.15, 0.2) is 50.0 Å². The van der Waals surface area contributed by atoms with E-state index in [4.69, 9.17) is 20.0 Å². The summed E-state index contributed by atoms with van der Waals surface area (Å²) < 4.78 is 48.8. The van der Waals surface area contributed by atoms with Crippen LogP contribution < -0.4 is 5.73 Å². The number of Topliss-reactive ketones (excluding diaryl/α,β-unsaturated/α-hetero) is 1. The molecule has 1 aliphatic carbocycles. The van der Waals surface area contributed by atoms with Crippen molar-refractivity contribution in [3.63, 3.8) is 0 Å². The maximum absolute atomic E-state index is 13.4. The van der Waals surface area contributed by atoms with E-state index in [1.165, 1.54) is 53.5 Å². The van der Waals surface area contributed by atoms with E-state index in [9.17, 15) is 17.8 Å². The SMILES string of the molecule is CCOP(=O)(CSc1cnc(CC(=O)[C@H](CC2CCCC2)c2ccc(S(C)(=O)=O)cc2)s1)OCC.N#CSc1cnc(N)s1. The number of nitrogen functional groups attached to an aromatic ring is 1. The molecular weight excluding hydrogens is 680 g/mol. The normalized spacial score (nSPS) is 14.5. The van der Waals surface area contributed by atoms with E-state index in [-0.39, 0.29) is 28.5 Å². The molecule has 2 aromatic heterocycles. The number of aromatic nitrogens is 2. The fourth-order valence-corrected chi connectivity index (χ4v) is 10.9. The summed E-state index contributed by atoms with van der Waals surface area (Å²) in [6.07, 6.45) is 10.1. The first-order valence-electron chi connectivity index (χ1n) is 14.0. The van der Waals surface area contributed by atoms with Gasteiger partial charge in [0.25, 0.3) is 0 Å². The number of anilines is 1. The Labute approximate surface area is 276 Å². The van der Waals surface area contributed by atoms with Gasteiger partial charge in [-0.3, -0.25) is 9.36 Å². The number of nitrogens with zero attached hydrogens (tertiary/aromatic N) is 3. The zero-order valence-corrected chi connectivity index (χ0v) is 29.8. The first kappa shape index (κ1) is 36.7. The Morgan fingerprint density at radius 3 is 2.30 bits per heavy atom. The van der Waals surface area contributed by atoms with Crippen molar-refractivity contribution in [3.05, 3.63) is 47.2 Å². The van der Waals surface area contributed by atoms with Crippen LogP contribution in [0.3, 0.4) is 0 Å². The van der Waals surface area contributed by atoms with E-state index in [2.05, 4.69) is 9.97 Å². The number of carbonyl (C=O) groups excluding carboxylic acids is 1. The molecule has 0 amide bonds.